The Balaban J connectivity index is 3.07. The Kier molecular flexibility index (Phi) is 4.97. The van der Waals surface area contributed by atoms with Gasteiger partial charge < -0.3 is 15.2 Å². The minimum atomic E-state index is -0.146. The predicted molar refractivity (Wildman–Crippen MR) is 66.7 cm³/mol. The van der Waals surface area contributed by atoms with Gasteiger partial charge in [-0.05, 0) is 18.6 Å². The highest BCUT2D eigenvalue weighted by Crippen LogP contribution is 2.24. The minimum Gasteiger partial charge on any atom is -0.497 e. The molecule has 0 radical (unpaired) electrons. The van der Waals surface area contributed by atoms with Crippen LogP contribution in [0.3, 0.4) is 0 Å². The van der Waals surface area contributed by atoms with Crippen molar-refractivity contribution < 1.29 is 14.3 Å². The summed E-state index contributed by atoms with van der Waals surface area (Å²) in [6, 6.07) is 5.16. The largest absolute Gasteiger partial charge is 0.497 e. The maximum Gasteiger partial charge on any atom is 0.167 e. The number of carbonyl (C=O) groups excluding carboxylic acids is 1. The van der Waals surface area contributed by atoms with E-state index in [1.165, 1.54) is 0 Å². The van der Waals surface area contributed by atoms with Crippen LogP contribution in [0.1, 0.15) is 23.7 Å². The number of nitrogens with two attached hydrogens (primary N) is 1. The molecule has 0 aromatic heterocycles. The highest BCUT2D eigenvalue weighted by molar-refractivity contribution is 5.98. The Morgan fingerprint density at radius 3 is 2.12 bits per heavy atom. The van der Waals surface area contributed by atoms with Crippen LogP contribution in [0, 0.1) is 5.92 Å². The van der Waals surface area contributed by atoms with Crippen LogP contribution in [0.15, 0.2) is 18.2 Å². The summed E-state index contributed by atoms with van der Waals surface area (Å²) in [4.78, 5) is 12.2. The first-order chi connectivity index (χ1) is 8.15. The highest BCUT2D eigenvalue weighted by atomic mass is 16.5. The monoisotopic (exact) mass is 237 g/mol. The Morgan fingerprint density at radius 1 is 1.24 bits per heavy atom. The topological polar surface area (TPSA) is 61.6 Å². The number of carbonyl (C=O) groups is 1. The first-order valence-corrected chi connectivity index (χ1v) is 5.63. The van der Waals surface area contributed by atoms with Gasteiger partial charge in [-0.15, -0.1) is 0 Å². The molecule has 94 valence electrons. The van der Waals surface area contributed by atoms with Gasteiger partial charge in [-0.25, -0.2) is 0 Å². The lowest BCUT2D eigenvalue weighted by Crippen LogP contribution is -2.23. The van der Waals surface area contributed by atoms with E-state index in [0.29, 0.717) is 23.6 Å². The Hall–Kier alpha value is -1.55. The fraction of sp³-hybridized carbons (Fsp3) is 0.462. The second kappa shape index (κ2) is 6.25. The van der Waals surface area contributed by atoms with Crippen molar-refractivity contribution in [3.8, 4) is 11.5 Å². The summed E-state index contributed by atoms with van der Waals surface area (Å²) in [7, 11) is 3.12. The van der Waals surface area contributed by atoms with E-state index in [0.717, 1.165) is 6.42 Å². The molecular formula is C13H19NO3. The first kappa shape index (κ1) is 13.5. The van der Waals surface area contributed by atoms with E-state index >= 15 is 0 Å². The van der Waals surface area contributed by atoms with Crippen molar-refractivity contribution in [2.75, 3.05) is 20.8 Å². The molecule has 0 saturated heterocycles. The molecule has 1 unspecified atom stereocenters. The van der Waals surface area contributed by atoms with Gasteiger partial charge in [0.1, 0.15) is 11.5 Å². The van der Waals surface area contributed by atoms with Gasteiger partial charge in [0.15, 0.2) is 5.78 Å². The number of ether oxygens (including phenoxy) is 2. The average molecular weight is 237 g/mol. The van der Waals surface area contributed by atoms with Crippen LogP contribution in [-0.4, -0.2) is 26.5 Å². The normalized spacial score (nSPS) is 12.0. The lowest BCUT2D eigenvalue weighted by molar-refractivity contribution is 0.0920. The van der Waals surface area contributed by atoms with Gasteiger partial charge in [-0.3, -0.25) is 4.79 Å². The maximum atomic E-state index is 12.2. The van der Waals surface area contributed by atoms with Gasteiger partial charge in [0.2, 0.25) is 0 Å². The highest BCUT2D eigenvalue weighted by Gasteiger charge is 2.18. The van der Waals surface area contributed by atoms with E-state index in [4.69, 9.17) is 15.2 Å². The number of methoxy groups -OCH3 is 2. The summed E-state index contributed by atoms with van der Waals surface area (Å²) in [5, 5.41) is 0. The van der Waals surface area contributed by atoms with E-state index in [1.54, 1.807) is 32.4 Å². The van der Waals surface area contributed by atoms with Crippen molar-refractivity contribution in [2.45, 2.75) is 13.3 Å². The number of hydrogen-bond donors (Lipinski definition) is 1. The molecule has 1 atom stereocenters. The minimum absolute atomic E-state index is 0.0344. The summed E-state index contributed by atoms with van der Waals surface area (Å²) >= 11 is 0. The molecule has 0 heterocycles. The summed E-state index contributed by atoms with van der Waals surface area (Å²) in [6.45, 7) is 2.31. The number of ketones is 1. The molecule has 0 aliphatic rings. The second-order valence-corrected chi connectivity index (χ2v) is 3.81. The first-order valence-electron chi connectivity index (χ1n) is 5.63. The lowest BCUT2D eigenvalue weighted by Gasteiger charge is -2.13. The van der Waals surface area contributed by atoms with E-state index in [9.17, 15) is 4.79 Å². The smallest absolute Gasteiger partial charge is 0.167 e. The van der Waals surface area contributed by atoms with Crippen molar-refractivity contribution in [1.82, 2.24) is 0 Å². The van der Waals surface area contributed by atoms with Gasteiger partial charge in [-0.1, -0.05) is 6.92 Å². The van der Waals surface area contributed by atoms with Gasteiger partial charge >= 0.3 is 0 Å². The zero-order valence-electron chi connectivity index (χ0n) is 10.5. The van der Waals surface area contributed by atoms with Crippen molar-refractivity contribution in [1.29, 1.82) is 0 Å². The van der Waals surface area contributed by atoms with Gasteiger partial charge in [0, 0.05) is 24.1 Å². The Labute approximate surface area is 102 Å². The van der Waals surface area contributed by atoms with Gasteiger partial charge in [0.05, 0.1) is 14.2 Å². The zero-order chi connectivity index (χ0) is 12.8. The third-order valence-corrected chi connectivity index (χ3v) is 2.78. The third-order valence-electron chi connectivity index (χ3n) is 2.78. The van der Waals surface area contributed by atoms with Crippen molar-refractivity contribution in [2.24, 2.45) is 11.7 Å². The number of Topliss-reactive ketones (excluding diaryl/α,β-unsaturated/α-hetero) is 1. The fourth-order valence-corrected chi connectivity index (χ4v) is 1.64. The summed E-state index contributed by atoms with van der Waals surface area (Å²) in [5.74, 6) is 1.11. The molecule has 2 N–H and O–H groups in total. The third kappa shape index (κ3) is 3.20. The number of rotatable bonds is 6. The molecule has 0 aliphatic heterocycles. The molecule has 0 spiro atoms. The van der Waals surface area contributed by atoms with E-state index < -0.39 is 0 Å². The van der Waals surface area contributed by atoms with Crippen LogP contribution >= 0.6 is 0 Å². The number of benzene rings is 1. The summed E-state index contributed by atoms with van der Waals surface area (Å²) < 4.78 is 10.3. The molecule has 0 fully saturated rings. The molecule has 1 aromatic carbocycles. The quantitative estimate of drug-likeness (QED) is 0.767. The summed E-state index contributed by atoms with van der Waals surface area (Å²) in [6.07, 6.45) is 0.731. The van der Waals surface area contributed by atoms with E-state index in [1.807, 2.05) is 6.92 Å². The van der Waals surface area contributed by atoms with Crippen LogP contribution in [0.4, 0.5) is 0 Å². The van der Waals surface area contributed by atoms with E-state index in [-0.39, 0.29) is 11.7 Å². The fourth-order valence-electron chi connectivity index (χ4n) is 1.64. The molecule has 1 rings (SSSR count). The standard InChI is InChI=1S/C13H19NO3/c1-4-9(8-14)13(15)10-5-11(16-2)7-12(6-10)17-3/h5-7,9H,4,8,14H2,1-3H3. The van der Waals surface area contributed by atoms with Gasteiger partial charge in [-0.2, -0.15) is 0 Å². The lowest BCUT2D eigenvalue weighted by atomic mass is 9.95. The Morgan fingerprint density at radius 2 is 1.76 bits per heavy atom. The van der Waals surface area contributed by atoms with Crippen molar-refractivity contribution in [3.05, 3.63) is 23.8 Å². The van der Waals surface area contributed by atoms with Crippen LogP contribution < -0.4 is 15.2 Å². The van der Waals surface area contributed by atoms with E-state index in [2.05, 4.69) is 0 Å². The SMILES string of the molecule is CCC(CN)C(=O)c1cc(OC)cc(OC)c1. The average Bonchev–Trinajstić information content (AvgIpc) is 2.39. The molecule has 0 amide bonds. The molecule has 4 nitrogen and oxygen atoms in total. The predicted octanol–water partition coefficient (Wildman–Crippen LogP) is 1.87. The van der Waals surface area contributed by atoms with Crippen molar-refractivity contribution >= 4 is 5.78 Å². The molecule has 17 heavy (non-hydrogen) atoms. The van der Waals surface area contributed by atoms with Crippen LogP contribution in [-0.2, 0) is 0 Å². The molecular weight excluding hydrogens is 218 g/mol. The molecule has 1 aromatic rings. The molecule has 0 bridgehead atoms. The van der Waals surface area contributed by atoms with Crippen molar-refractivity contribution in [3.63, 3.8) is 0 Å². The van der Waals surface area contributed by atoms with Crippen LogP contribution in [0.2, 0.25) is 0 Å². The second-order valence-electron chi connectivity index (χ2n) is 3.81. The van der Waals surface area contributed by atoms with Gasteiger partial charge in [0.25, 0.3) is 0 Å². The summed E-state index contributed by atoms with van der Waals surface area (Å²) in [5.41, 5.74) is 6.16. The number of hydrogen-bond acceptors (Lipinski definition) is 4. The Bertz CT molecular complexity index is 364. The molecule has 4 heteroatoms. The maximum absolute atomic E-state index is 12.2. The molecule has 0 saturated carbocycles. The zero-order valence-corrected chi connectivity index (χ0v) is 10.5. The van der Waals surface area contributed by atoms with Crippen LogP contribution in [0.5, 0.6) is 11.5 Å². The van der Waals surface area contributed by atoms with Crippen LogP contribution in [0.25, 0.3) is 0 Å². The molecule has 0 aliphatic carbocycles.